The number of carbonyl (C=O) groups is 1. The first-order valence-electron chi connectivity index (χ1n) is 4.28. The molecule has 0 aliphatic carbocycles. The van der Waals surface area contributed by atoms with Crippen LogP contribution in [0.15, 0.2) is 17.2 Å². The Kier molecular flexibility index (Phi) is 4.03. The number of carboxylic acid groups (broad SMARTS) is 1. The predicted octanol–water partition coefficient (Wildman–Crippen LogP) is 2.32. The third-order valence-corrected chi connectivity index (χ3v) is 1.70. The molecule has 0 bridgehead atoms. The summed E-state index contributed by atoms with van der Waals surface area (Å²) >= 11 is 0. The summed E-state index contributed by atoms with van der Waals surface area (Å²) in [7, 11) is 0. The fourth-order valence-corrected chi connectivity index (χ4v) is 1.06. The van der Waals surface area contributed by atoms with Crippen molar-refractivity contribution in [2.75, 3.05) is 6.54 Å². The number of rotatable bonds is 2. The van der Waals surface area contributed by atoms with Gasteiger partial charge in [0.2, 0.25) is 0 Å². The number of hydrogen-bond acceptors (Lipinski definition) is 2. The van der Waals surface area contributed by atoms with Crippen LogP contribution >= 0.6 is 0 Å². The smallest absolute Gasteiger partial charge is 0.341 e. The first-order valence-corrected chi connectivity index (χ1v) is 4.28. The summed E-state index contributed by atoms with van der Waals surface area (Å²) in [5.41, 5.74) is 6.90. The third-order valence-electron chi connectivity index (χ3n) is 1.70. The van der Waals surface area contributed by atoms with E-state index in [1.165, 1.54) is 0 Å². The molecular formula is C10H5F2N3O2. The highest BCUT2D eigenvalue weighted by Gasteiger charge is 2.16. The molecule has 1 rings (SSSR count). The molecule has 0 radical (unpaired) electrons. The summed E-state index contributed by atoms with van der Waals surface area (Å²) < 4.78 is 26.3. The summed E-state index contributed by atoms with van der Waals surface area (Å²) in [6.07, 6.45) is 0. The maximum atomic E-state index is 13.2. The van der Waals surface area contributed by atoms with Gasteiger partial charge in [0, 0.05) is 10.5 Å². The highest BCUT2D eigenvalue weighted by atomic mass is 19.1. The van der Waals surface area contributed by atoms with Crippen LogP contribution in [0.4, 0.5) is 8.78 Å². The van der Waals surface area contributed by atoms with Gasteiger partial charge in [0.05, 0.1) is 6.54 Å². The number of carboxylic acids is 1. The Hall–Kier alpha value is -2.58. The maximum absolute atomic E-state index is 13.2. The van der Waals surface area contributed by atoms with E-state index in [2.05, 4.69) is 21.9 Å². The monoisotopic (exact) mass is 237 g/mol. The molecule has 0 saturated heterocycles. The van der Waals surface area contributed by atoms with Crippen molar-refractivity contribution in [2.45, 2.75) is 0 Å². The molecule has 1 aromatic rings. The molecule has 0 aliphatic rings. The van der Waals surface area contributed by atoms with Gasteiger partial charge in [0.1, 0.15) is 17.2 Å². The van der Waals surface area contributed by atoms with Gasteiger partial charge >= 0.3 is 5.97 Å². The van der Waals surface area contributed by atoms with Crippen molar-refractivity contribution in [2.24, 2.45) is 5.11 Å². The number of hydrogen-bond donors (Lipinski definition) is 1. The van der Waals surface area contributed by atoms with E-state index in [1.54, 1.807) is 0 Å². The third kappa shape index (κ3) is 3.19. The predicted molar refractivity (Wildman–Crippen MR) is 54.2 cm³/mol. The highest BCUT2D eigenvalue weighted by Crippen LogP contribution is 2.14. The molecule has 0 aliphatic heterocycles. The molecule has 1 aromatic carbocycles. The van der Waals surface area contributed by atoms with Crippen LogP contribution < -0.4 is 0 Å². The molecular weight excluding hydrogens is 232 g/mol. The topological polar surface area (TPSA) is 86.1 Å². The SMILES string of the molecule is [N-]=[N+]=NCC#Cc1cc(F)c(C(=O)O)c(F)c1. The van der Waals surface area contributed by atoms with Gasteiger partial charge in [0.15, 0.2) is 0 Å². The molecule has 17 heavy (non-hydrogen) atoms. The normalized spacial score (nSPS) is 8.82. The molecule has 7 heteroatoms. The van der Waals surface area contributed by atoms with Crippen LogP contribution in [-0.4, -0.2) is 17.6 Å². The first kappa shape index (κ1) is 12.5. The number of nitrogens with zero attached hydrogens (tertiary/aromatic N) is 3. The van der Waals surface area contributed by atoms with Gasteiger partial charge in [-0.05, 0) is 17.7 Å². The van der Waals surface area contributed by atoms with E-state index in [9.17, 15) is 13.6 Å². The molecule has 86 valence electrons. The Bertz CT molecular complexity index is 546. The highest BCUT2D eigenvalue weighted by molar-refractivity contribution is 5.88. The van der Waals surface area contributed by atoms with Gasteiger partial charge in [-0.2, -0.15) is 0 Å². The van der Waals surface area contributed by atoms with Crippen LogP contribution in [0.3, 0.4) is 0 Å². The van der Waals surface area contributed by atoms with Crippen LogP contribution in [0.5, 0.6) is 0 Å². The number of aromatic carboxylic acids is 1. The van der Waals surface area contributed by atoms with Crippen molar-refractivity contribution in [3.63, 3.8) is 0 Å². The van der Waals surface area contributed by atoms with E-state index in [0.717, 1.165) is 12.1 Å². The van der Waals surface area contributed by atoms with Crippen molar-refractivity contribution >= 4 is 5.97 Å². The zero-order valence-corrected chi connectivity index (χ0v) is 8.31. The Balaban J connectivity index is 3.09. The Morgan fingerprint density at radius 3 is 2.53 bits per heavy atom. The Labute approximate surface area is 94.3 Å². The number of azide groups is 1. The zero-order chi connectivity index (χ0) is 12.8. The molecule has 1 N–H and O–H groups in total. The van der Waals surface area contributed by atoms with Crippen LogP contribution in [0.25, 0.3) is 10.4 Å². The molecule has 0 atom stereocenters. The van der Waals surface area contributed by atoms with E-state index in [4.69, 9.17) is 10.6 Å². The number of benzene rings is 1. The van der Waals surface area contributed by atoms with Crippen molar-refractivity contribution in [1.82, 2.24) is 0 Å². The lowest BCUT2D eigenvalue weighted by molar-refractivity contribution is 0.0686. The molecule has 0 unspecified atom stereocenters. The van der Waals surface area contributed by atoms with Gasteiger partial charge in [-0.3, -0.25) is 0 Å². The average Bonchev–Trinajstić information content (AvgIpc) is 2.23. The van der Waals surface area contributed by atoms with Crippen LogP contribution in [-0.2, 0) is 0 Å². The van der Waals surface area contributed by atoms with Gasteiger partial charge in [0.25, 0.3) is 0 Å². The van der Waals surface area contributed by atoms with E-state index in [0.29, 0.717) is 0 Å². The lowest BCUT2D eigenvalue weighted by atomic mass is 10.1. The molecule has 0 aromatic heterocycles. The van der Waals surface area contributed by atoms with Crippen molar-refractivity contribution in [3.05, 3.63) is 45.3 Å². The second-order valence-electron chi connectivity index (χ2n) is 2.81. The average molecular weight is 237 g/mol. The van der Waals surface area contributed by atoms with Gasteiger partial charge in [-0.1, -0.05) is 17.0 Å². The van der Waals surface area contributed by atoms with Crippen molar-refractivity contribution in [3.8, 4) is 11.8 Å². The van der Waals surface area contributed by atoms with Gasteiger partial charge in [-0.15, -0.1) is 0 Å². The fourth-order valence-electron chi connectivity index (χ4n) is 1.06. The largest absolute Gasteiger partial charge is 0.477 e. The number of halogens is 2. The molecule has 0 saturated carbocycles. The lowest BCUT2D eigenvalue weighted by Crippen LogP contribution is -2.05. The summed E-state index contributed by atoms with van der Waals surface area (Å²) in [5.74, 6) is 0.601. The molecule has 0 amide bonds. The van der Waals surface area contributed by atoms with E-state index >= 15 is 0 Å². The minimum Gasteiger partial charge on any atom is -0.477 e. The van der Waals surface area contributed by atoms with E-state index in [1.807, 2.05) is 0 Å². The second kappa shape index (κ2) is 5.49. The summed E-state index contributed by atoms with van der Waals surface area (Å²) in [6.45, 7) is -0.138. The van der Waals surface area contributed by atoms with Gasteiger partial charge in [-0.25, -0.2) is 13.6 Å². The van der Waals surface area contributed by atoms with Crippen LogP contribution in [0.2, 0.25) is 0 Å². The lowest BCUT2D eigenvalue weighted by Gasteiger charge is -2.00. The molecule has 0 heterocycles. The van der Waals surface area contributed by atoms with Crippen molar-refractivity contribution in [1.29, 1.82) is 0 Å². The fraction of sp³-hybridized carbons (Fsp3) is 0.100. The quantitative estimate of drug-likeness (QED) is 0.370. The van der Waals surface area contributed by atoms with E-state index < -0.39 is 23.2 Å². The van der Waals surface area contributed by atoms with Crippen molar-refractivity contribution < 1.29 is 18.7 Å². The molecule has 0 fully saturated rings. The maximum Gasteiger partial charge on any atom is 0.341 e. The Morgan fingerprint density at radius 2 is 2.06 bits per heavy atom. The molecule has 0 spiro atoms. The van der Waals surface area contributed by atoms with Crippen LogP contribution in [0, 0.1) is 23.5 Å². The van der Waals surface area contributed by atoms with Gasteiger partial charge < -0.3 is 5.11 Å². The molecule has 5 nitrogen and oxygen atoms in total. The summed E-state index contributed by atoms with van der Waals surface area (Å²) in [6, 6.07) is 1.60. The minimum absolute atomic E-state index is 0.0295. The second-order valence-corrected chi connectivity index (χ2v) is 2.81. The zero-order valence-electron chi connectivity index (χ0n) is 8.31. The summed E-state index contributed by atoms with van der Waals surface area (Å²) in [4.78, 5) is 12.9. The summed E-state index contributed by atoms with van der Waals surface area (Å²) in [5, 5.41) is 11.6. The minimum atomic E-state index is -1.69. The van der Waals surface area contributed by atoms with Crippen LogP contribution in [0.1, 0.15) is 15.9 Å². The van der Waals surface area contributed by atoms with E-state index in [-0.39, 0.29) is 12.1 Å². The Morgan fingerprint density at radius 1 is 1.47 bits per heavy atom. The first-order chi connectivity index (χ1) is 8.06. The standard InChI is InChI=1S/C10H5F2N3O2/c11-7-4-6(2-1-3-14-15-13)5-8(12)9(7)10(16)17/h4-5H,3H2,(H,16,17).